The number of alkyl halides is 1. The number of benzene rings is 2. The molecule has 0 N–H and O–H groups in total. The fraction of sp³-hybridized carbons (Fsp3) is 0.200. The third-order valence-electron chi connectivity index (χ3n) is 2.96. The van der Waals surface area contributed by atoms with Crippen molar-refractivity contribution >= 4 is 27.3 Å². The van der Waals surface area contributed by atoms with E-state index in [2.05, 4.69) is 64.3 Å². The van der Waals surface area contributed by atoms with Crippen LogP contribution < -0.4 is 9.64 Å². The second kappa shape index (κ2) is 5.91. The van der Waals surface area contributed by atoms with Crippen molar-refractivity contribution in [1.82, 2.24) is 0 Å². The van der Waals surface area contributed by atoms with Crippen molar-refractivity contribution in [2.24, 2.45) is 0 Å². The zero-order valence-electron chi connectivity index (χ0n) is 10.6. The van der Waals surface area contributed by atoms with E-state index >= 15 is 0 Å². The highest BCUT2D eigenvalue weighted by molar-refractivity contribution is 9.08. The summed E-state index contributed by atoms with van der Waals surface area (Å²) in [4.78, 5) is 2.18. The van der Waals surface area contributed by atoms with Gasteiger partial charge in [0.2, 0.25) is 0 Å². The lowest BCUT2D eigenvalue weighted by Crippen LogP contribution is -2.11. The highest BCUT2D eigenvalue weighted by Crippen LogP contribution is 2.29. The van der Waals surface area contributed by atoms with Crippen LogP contribution in [-0.2, 0) is 5.33 Å². The molecule has 0 spiro atoms. The molecular weight excluding hydrogens is 290 g/mol. The van der Waals surface area contributed by atoms with Gasteiger partial charge in [-0.1, -0.05) is 34.1 Å². The smallest absolute Gasteiger partial charge is 0.119 e. The van der Waals surface area contributed by atoms with Crippen LogP contribution in [0.3, 0.4) is 0 Å². The largest absolute Gasteiger partial charge is 0.497 e. The molecule has 18 heavy (non-hydrogen) atoms. The molecule has 2 aromatic rings. The predicted molar refractivity (Wildman–Crippen MR) is 80.1 cm³/mol. The molecule has 0 aromatic heterocycles. The van der Waals surface area contributed by atoms with E-state index in [1.807, 2.05) is 12.1 Å². The maximum absolute atomic E-state index is 5.17. The highest BCUT2D eigenvalue weighted by atomic mass is 79.9. The number of anilines is 2. The van der Waals surface area contributed by atoms with Gasteiger partial charge in [-0.05, 0) is 35.9 Å². The number of para-hydroxylation sites is 1. The van der Waals surface area contributed by atoms with Crippen LogP contribution in [0.25, 0.3) is 0 Å². The molecular formula is C15H16BrNO. The number of hydrogen-bond donors (Lipinski definition) is 0. The molecule has 2 rings (SSSR count). The van der Waals surface area contributed by atoms with E-state index in [4.69, 9.17) is 4.74 Å². The van der Waals surface area contributed by atoms with E-state index in [9.17, 15) is 0 Å². The first-order chi connectivity index (χ1) is 8.76. The zero-order valence-corrected chi connectivity index (χ0v) is 12.1. The van der Waals surface area contributed by atoms with Crippen LogP contribution in [0.5, 0.6) is 5.75 Å². The normalized spacial score (nSPS) is 10.2. The molecule has 0 fully saturated rings. The quantitative estimate of drug-likeness (QED) is 0.778. The average molecular weight is 306 g/mol. The predicted octanol–water partition coefficient (Wildman–Crippen LogP) is 4.36. The van der Waals surface area contributed by atoms with Gasteiger partial charge in [0.15, 0.2) is 0 Å². The Morgan fingerprint density at radius 2 is 1.72 bits per heavy atom. The van der Waals surface area contributed by atoms with Gasteiger partial charge >= 0.3 is 0 Å². The molecule has 0 unspecified atom stereocenters. The Kier molecular flexibility index (Phi) is 4.26. The van der Waals surface area contributed by atoms with Crippen molar-refractivity contribution in [3.05, 3.63) is 54.1 Å². The molecule has 3 heteroatoms. The maximum atomic E-state index is 5.17. The molecule has 0 atom stereocenters. The molecule has 0 heterocycles. The van der Waals surface area contributed by atoms with Crippen LogP contribution in [0.15, 0.2) is 48.5 Å². The van der Waals surface area contributed by atoms with E-state index in [0.717, 1.165) is 16.8 Å². The van der Waals surface area contributed by atoms with E-state index < -0.39 is 0 Å². The van der Waals surface area contributed by atoms with Crippen molar-refractivity contribution in [2.75, 3.05) is 19.1 Å². The topological polar surface area (TPSA) is 12.5 Å². The van der Waals surface area contributed by atoms with Gasteiger partial charge < -0.3 is 9.64 Å². The van der Waals surface area contributed by atoms with Gasteiger partial charge in [0.1, 0.15) is 5.75 Å². The van der Waals surface area contributed by atoms with Crippen LogP contribution in [0.1, 0.15) is 5.56 Å². The molecule has 0 bridgehead atoms. The molecule has 0 aliphatic carbocycles. The molecule has 0 radical (unpaired) electrons. The van der Waals surface area contributed by atoms with Gasteiger partial charge in [-0.3, -0.25) is 0 Å². The summed E-state index contributed by atoms with van der Waals surface area (Å²) >= 11 is 3.53. The standard InChI is InChI=1S/C15H16BrNO/c1-17(13-7-9-14(18-2)10-8-13)15-6-4-3-5-12(15)11-16/h3-10H,11H2,1-2H3. The summed E-state index contributed by atoms with van der Waals surface area (Å²) < 4.78 is 5.17. The van der Waals surface area contributed by atoms with E-state index in [0.29, 0.717) is 0 Å². The van der Waals surface area contributed by atoms with E-state index in [-0.39, 0.29) is 0 Å². The molecule has 0 aliphatic rings. The Labute approximate surface area is 116 Å². The maximum Gasteiger partial charge on any atom is 0.119 e. The van der Waals surface area contributed by atoms with Gasteiger partial charge in [0, 0.05) is 23.8 Å². The third kappa shape index (κ3) is 2.67. The van der Waals surface area contributed by atoms with Gasteiger partial charge in [-0.2, -0.15) is 0 Å². The minimum atomic E-state index is 0.851. The van der Waals surface area contributed by atoms with Crippen molar-refractivity contribution < 1.29 is 4.74 Å². The van der Waals surface area contributed by atoms with Gasteiger partial charge in [-0.15, -0.1) is 0 Å². The Hall–Kier alpha value is -1.48. The van der Waals surface area contributed by atoms with Crippen molar-refractivity contribution in [3.63, 3.8) is 0 Å². The summed E-state index contributed by atoms with van der Waals surface area (Å²) in [5, 5.41) is 0.851. The summed E-state index contributed by atoms with van der Waals surface area (Å²) in [6, 6.07) is 16.4. The Morgan fingerprint density at radius 1 is 1.06 bits per heavy atom. The molecule has 0 aliphatic heterocycles. The average Bonchev–Trinajstić information content (AvgIpc) is 2.46. The lowest BCUT2D eigenvalue weighted by molar-refractivity contribution is 0.415. The van der Waals surface area contributed by atoms with Crippen LogP contribution >= 0.6 is 15.9 Å². The molecule has 2 aromatic carbocycles. The second-order valence-electron chi connectivity index (χ2n) is 4.02. The van der Waals surface area contributed by atoms with Crippen LogP contribution in [0.2, 0.25) is 0 Å². The summed E-state index contributed by atoms with van der Waals surface area (Å²) in [5.41, 5.74) is 3.62. The zero-order chi connectivity index (χ0) is 13.0. The van der Waals surface area contributed by atoms with Gasteiger partial charge in [-0.25, -0.2) is 0 Å². The monoisotopic (exact) mass is 305 g/mol. The fourth-order valence-electron chi connectivity index (χ4n) is 1.90. The first kappa shape index (κ1) is 13.0. The van der Waals surface area contributed by atoms with Gasteiger partial charge in [0.25, 0.3) is 0 Å². The molecule has 0 saturated carbocycles. The molecule has 2 nitrogen and oxygen atoms in total. The number of ether oxygens (including phenoxy) is 1. The second-order valence-corrected chi connectivity index (χ2v) is 4.58. The third-order valence-corrected chi connectivity index (χ3v) is 3.56. The first-order valence-corrected chi connectivity index (χ1v) is 6.90. The van der Waals surface area contributed by atoms with E-state index in [1.165, 1.54) is 11.3 Å². The Morgan fingerprint density at radius 3 is 2.33 bits per heavy atom. The van der Waals surface area contributed by atoms with Gasteiger partial charge in [0.05, 0.1) is 7.11 Å². The van der Waals surface area contributed by atoms with Crippen molar-refractivity contribution in [1.29, 1.82) is 0 Å². The van der Waals surface area contributed by atoms with Crippen LogP contribution in [0, 0.1) is 0 Å². The van der Waals surface area contributed by atoms with Crippen LogP contribution in [0.4, 0.5) is 11.4 Å². The number of methoxy groups -OCH3 is 1. The number of hydrogen-bond acceptors (Lipinski definition) is 2. The lowest BCUT2D eigenvalue weighted by Gasteiger charge is -2.22. The lowest BCUT2D eigenvalue weighted by atomic mass is 10.1. The molecule has 0 saturated heterocycles. The number of rotatable bonds is 4. The summed E-state index contributed by atoms with van der Waals surface area (Å²) in [6.45, 7) is 0. The number of halogens is 1. The SMILES string of the molecule is COc1ccc(N(C)c2ccccc2CBr)cc1. The summed E-state index contributed by atoms with van der Waals surface area (Å²) in [6.07, 6.45) is 0. The first-order valence-electron chi connectivity index (χ1n) is 5.78. The van der Waals surface area contributed by atoms with Crippen molar-refractivity contribution in [3.8, 4) is 5.75 Å². The Balaban J connectivity index is 2.31. The molecule has 0 amide bonds. The Bertz CT molecular complexity index is 510. The number of nitrogens with zero attached hydrogens (tertiary/aromatic N) is 1. The van der Waals surface area contributed by atoms with Crippen molar-refractivity contribution in [2.45, 2.75) is 5.33 Å². The highest BCUT2D eigenvalue weighted by Gasteiger charge is 2.07. The minimum Gasteiger partial charge on any atom is -0.497 e. The van der Waals surface area contributed by atoms with Crippen LogP contribution in [-0.4, -0.2) is 14.2 Å². The summed E-state index contributed by atoms with van der Waals surface area (Å²) in [7, 11) is 3.75. The molecule has 94 valence electrons. The fourth-order valence-corrected chi connectivity index (χ4v) is 2.37. The van der Waals surface area contributed by atoms with E-state index in [1.54, 1.807) is 7.11 Å². The minimum absolute atomic E-state index is 0.851. The summed E-state index contributed by atoms with van der Waals surface area (Å²) in [5.74, 6) is 0.876.